The van der Waals surface area contributed by atoms with E-state index in [4.69, 9.17) is 4.42 Å². The highest BCUT2D eigenvalue weighted by atomic mass is 16.3. The summed E-state index contributed by atoms with van der Waals surface area (Å²) in [6, 6.07) is 65.8. The maximum atomic E-state index is 6.51. The zero-order valence-corrected chi connectivity index (χ0v) is 26.7. The number of rotatable bonds is 4. The van der Waals surface area contributed by atoms with Gasteiger partial charge in [-0.15, -0.1) is 0 Å². The van der Waals surface area contributed by atoms with Crippen molar-refractivity contribution in [1.82, 2.24) is 0 Å². The van der Waals surface area contributed by atoms with Gasteiger partial charge in [-0.3, -0.25) is 0 Å². The number of furan rings is 1. The van der Waals surface area contributed by atoms with Crippen molar-refractivity contribution in [2.24, 2.45) is 0 Å². The Bertz CT molecular complexity index is 2860. The summed E-state index contributed by atoms with van der Waals surface area (Å²) in [7, 11) is 0. The highest BCUT2D eigenvalue weighted by Gasteiger charge is 2.19. The van der Waals surface area contributed by atoms with E-state index in [0.29, 0.717) is 0 Å². The Labute approximate surface area is 284 Å². The first-order chi connectivity index (χ1) is 24.3. The highest BCUT2D eigenvalue weighted by Crippen LogP contribution is 2.46. The van der Waals surface area contributed by atoms with Crippen LogP contribution in [-0.4, -0.2) is 0 Å². The van der Waals surface area contributed by atoms with Crippen LogP contribution in [0.5, 0.6) is 0 Å². The SMILES string of the molecule is c1ccc(-c2c3ccccc3c(-c3ccc(-c4ccc5ccccc5c4)cc3)c3cc(-c4cccc5c4oc4ccccc45)ccc23)cc1. The zero-order valence-electron chi connectivity index (χ0n) is 26.7. The molecule has 0 N–H and O–H groups in total. The Kier molecular flexibility index (Phi) is 6.25. The van der Waals surface area contributed by atoms with E-state index in [1.54, 1.807) is 0 Å². The third-order valence-corrected chi connectivity index (χ3v) is 10.1. The normalized spacial score (nSPS) is 11.7. The van der Waals surface area contributed by atoms with E-state index < -0.39 is 0 Å². The van der Waals surface area contributed by atoms with E-state index in [2.05, 4.69) is 176 Å². The molecular weight excluding hydrogens is 593 g/mol. The third kappa shape index (κ3) is 4.47. The molecule has 228 valence electrons. The summed E-state index contributed by atoms with van der Waals surface area (Å²) in [5, 5.41) is 9.75. The molecule has 1 aromatic heterocycles. The van der Waals surface area contributed by atoms with Crippen LogP contribution in [0.25, 0.3) is 98.8 Å². The zero-order chi connectivity index (χ0) is 32.3. The van der Waals surface area contributed by atoms with Crippen LogP contribution in [0.4, 0.5) is 0 Å². The maximum absolute atomic E-state index is 6.51. The van der Waals surface area contributed by atoms with Crippen LogP contribution < -0.4 is 0 Å². The molecule has 0 aliphatic carbocycles. The van der Waals surface area contributed by atoms with E-state index in [1.165, 1.54) is 65.7 Å². The molecule has 10 rings (SSSR count). The fourth-order valence-electron chi connectivity index (χ4n) is 7.75. The summed E-state index contributed by atoms with van der Waals surface area (Å²) in [6.45, 7) is 0. The Morgan fingerprint density at radius 2 is 0.857 bits per heavy atom. The molecule has 1 heterocycles. The summed E-state index contributed by atoms with van der Waals surface area (Å²) >= 11 is 0. The quantitative estimate of drug-likeness (QED) is 0.178. The van der Waals surface area contributed by atoms with Crippen molar-refractivity contribution in [3.05, 3.63) is 182 Å². The van der Waals surface area contributed by atoms with Crippen molar-refractivity contribution >= 4 is 54.3 Å². The Morgan fingerprint density at radius 3 is 1.67 bits per heavy atom. The van der Waals surface area contributed by atoms with Crippen molar-refractivity contribution in [2.45, 2.75) is 0 Å². The second kappa shape index (κ2) is 11.1. The van der Waals surface area contributed by atoms with Crippen molar-refractivity contribution in [3.8, 4) is 44.5 Å². The number of para-hydroxylation sites is 2. The molecule has 0 fully saturated rings. The molecule has 0 aliphatic rings. The lowest BCUT2D eigenvalue weighted by Crippen LogP contribution is -1.92. The minimum absolute atomic E-state index is 0.912. The van der Waals surface area contributed by atoms with Crippen LogP contribution >= 0.6 is 0 Å². The van der Waals surface area contributed by atoms with Crippen molar-refractivity contribution in [3.63, 3.8) is 0 Å². The Balaban J connectivity index is 1.23. The van der Waals surface area contributed by atoms with E-state index in [0.717, 1.165) is 33.1 Å². The van der Waals surface area contributed by atoms with Gasteiger partial charge in [0, 0.05) is 16.3 Å². The fraction of sp³-hybridized carbons (Fsp3) is 0. The van der Waals surface area contributed by atoms with E-state index in [1.807, 2.05) is 6.07 Å². The molecule has 0 saturated carbocycles. The molecule has 0 saturated heterocycles. The molecule has 0 radical (unpaired) electrons. The summed E-state index contributed by atoms with van der Waals surface area (Å²) in [4.78, 5) is 0. The van der Waals surface area contributed by atoms with Gasteiger partial charge in [-0.25, -0.2) is 0 Å². The van der Waals surface area contributed by atoms with Crippen LogP contribution in [0.15, 0.2) is 186 Å². The van der Waals surface area contributed by atoms with Gasteiger partial charge in [0.25, 0.3) is 0 Å². The molecule has 0 unspecified atom stereocenters. The molecule has 10 aromatic rings. The third-order valence-electron chi connectivity index (χ3n) is 10.1. The second-order valence-corrected chi connectivity index (χ2v) is 12.8. The Morgan fingerprint density at radius 1 is 0.286 bits per heavy atom. The van der Waals surface area contributed by atoms with Gasteiger partial charge in [0.15, 0.2) is 0 Å². The van der Waals surface area contributed by atoms with E-state index in [9.17, 15) is 0 Å². The minimum atomic E-state index is 0.912. The molecule has 1 heteroatoms. The summed E-state index contributed by atoms with van der Waals surface area (Å²) in [5.41, 5.74) is 11.4. The van der Waals surface area contributed by atoms with Crippen LogP contribution in [0.2, 0.25) is 0 Å². The van der Waals surface area contributed by atoms with E-state index in [-0.39, 0.29) is 0 Å². The van der Waals surface area contributed by atoms with Gasteiger partial charge in [-0.1, -0.05) is 164 Å². The summed E-state index contributed by atoms with van der Waals surface area (Å²) in [6.07, 6.45) is 0. The summed E-state index contributed by atoms with van der Waals surface area (Å²) in [5.74, 6) is 0. The first kappa shape index (κ1) is 27.7. The highest BCUT2D eigenvalue weighted by molar-refractivity contribution is 6.22. The monoisotopic (exact) mass is 622 g/mol. The number of hydrogen-bond acceptors (Lipinski definition) is 1. The smallest absolute Gasteiger partial charge is 0.143 e. The van der Waals surface area contributed by atoms with Crippen LogP contribution in [0.1, 0.15) is 0 Å². The average Bonchev–Trinajstić information content (AvgIpc) is 3.56. The van der Waals surface area contributed by atoms with Crippen LogP contribution in [-0.2, 0) is 0 Å². The van der Waals surface area contributed by atoms with Gasteiger partial charge in [-0.05, 0) is 89.5 Å². The lowest BCUT2D eigenvalue weighted by atomic mass is 9.84. The molecule has 0 spiro atoms. The predicted molar refractivity (Wildman–Crippen MR) is 208 cm³/mol. The molecular formula is C48H30O. The second-order valence-electron chi connectivity index (χ2n) is 12.8. The predicted octanol–water partition coefficient (Wildman–Crippen LogP) is 13.7. The molecule has 9 aromatic carbocycles. The molecule has 0 amide bonds. The fourth-order valence-corrected chi connectivity index (χ4v) is 7.75. The lowest BCUT2D eigenvalue weighted by molar-refractivity contribution is 0.670. The molecule has 0 aliphatic heterocycles. The first-order valence-corrected chi connectivity index (χ1v) is 16.8. The molecule has 0 bridgehead atoms. The van der Waals surface area contributed by atoms with Gasteiger partial charge in [0.1, 0.15) is 11.2 Å². The van der Waals surface area contributed by atoms with E-state index >= 15 is 0 Å². The van der Waals surface area contributed by atoms with Gasteiger partial charge in [-0.2, -0.15) is 0 Å². The largest absolute Gasteiger partial charge is 0.455 e. The van der Waals surface area contributed by atoms with Crippen molar-refractivity contribution in [2.75, 3.05) is 0 Å². The topological polar surface area (TPSA) is 13.1 Å². The Hall–Kier alpha value is -6.44. The molecule has 1 nitrogen and oxygen atoms in total. The average molecular weight is 623 g/mol. The van der Waals surface area contributed by atoms with Crippen LogP contribution in [0.3, 0.4) is 0 Å². The standard InChI is InChI=1S/C48H30O/c1-2-12-33(13-3-1)46-40-16-6-7-17-41(40)47(34-24-21-32(22-25-34)36-26-23-31-11-4-5-14-35(31)29-36)44-30-37(27-28-42(44)46)38-18-10-19-43-39-15-8-9-20-45(39)49-48(38)43/h1-30H. The van der Waals surface area contributed by atoms with Gasteiger partial charge >= 0.3 is 0 Å². The van der Waals surface area contributed by atoms with Gasteiger partial charge < -0.3 is 4.42 Å². The number of fused-ring (bicyclic) bond motifs is 6. The van der Waals surface area contributed by atoms with Crippen molar-refractivity contribution in [1.29, 1.82) is 0 Å². The van der Waals surface area contributed by atoms with Crippen LogP contribution in [0, 0.1) is 0 Å². The lowest BCUT2D eigenvalue weighted by Gasteiger charge is -2.19. The van der Waals surface area contributed by atoms with Crippen molar-refractivity contribution < 1.29 is 4.42 Å². The first-order valence-electron chi connectivity index (χ1n) is 16.8. The maximum Gasteiger partial charge on any atom is 0.143 e. The number of benzene rings is 9. The summed E-state index contributed by atoms with van der Waals surface area (Å²) < 4.78 is 6.51. The molecule has 0 atom stereocenters. The minimum Gasteiger partial charge on any atom is -0.455 e. The number of hydrogen-bond donors (Lipinski definition) is 0. The molecule has 49 heavy (non-hydrogen) atoms. The van der Waals surface area contributed by atoms with Gasteiger partial charge in [0.2, 0.25) is 0 Å². The van der Waals surface area contributed by atoms with Gasteiger partial charge in [0.05, 0.1) is 0 Å².